The minimum atomic E-state index is -2.89. The molecule has 0 amide bonds. The van der Waals surface area contributed by atoms with Gasteiger partial charge in [-0.3, -0.25) is 5.10 Å². The van der Waals surface area contributed by atoms with Gasteiger partial charge in [-0.25, -0.2) is 12.9 Å². The molecule has 0 bridgehead atoms. The second kappa shape index (κ2) is 4.21. The Morgan fingerprint density at radius 2 is 1.85 bits per heavy atom. The van der Waals surface area contributed by atoms with Crippen molar-refractivity contribution in [2.75, 3.05) is 29.5 Å². The summed E-state index contributed by atoms with van der Waals surface area (Å²) in [4.78, 5) is 1.96. The first-order chi connectivity index (χ1) is 9.26. The van der Waals surface area contributed by atoms with Crippen LogP contribution in [-0.4, -0.2) is 52.8 Å². The van der Waals surface area contributed by atoms with Crippen LogP contribution in [0.15, 0.2) is 6.07 Å². The number of aromatic nitrogens is 4. The standard InChI is InChI=1S/C12H19N5O2S/c1-12(2,3)9-8-10-13-14-11(17(10)15-9)16-4-6-20(18,19)7-5-16/h8,15H,4-7H2,1-3H3. The molecule has 0 unspecified atom stereocenters. The first-order valence-electron chi connectivity index (χ1n) is 6.66. The Bertz CT molecular complexity index is 724. The number of fused-ring (bicyclic) bond motifs is 1. The quantitative estimate of drug-likeness (QED) is 0.833. The molecule has 1 fully saturated rings. The molecule has 0 radical (unpaired) electrons. The molecule has 110 valence electrons. The Kier molecular flexibility index (Phi) is 2.82. The zero-order valence-corrected chi connectivity index (χ0v) is 12.7. The average Bonchev–Trinajstić information content (AvgIpc) is 2.88. The minimum absolute atomic E-state index is 0.00318. The van der Waals surface area contributed by atoms with Gasteiger partial charge in [-0.2, -0.15) is 0 Å². The highest BCUT2D eigenvalue weighted by molar-refractivity contribution is 7.91. The number of hydrogen-bond acceptors (Lipinski definition) is 5. The van der Waals surface area contributed by atoms with Gasteiger partial charge in [0.1, 0.15) is 0 Å². The first kappa shape index (κ1) is 13.4. The summed E-state index contributed by atoms with van der Waals surface area (Å²) < 4.78 is 24.8. The maximum atomic E-state index is 11.5. The van der Waals surface area contributed by atoms with Crippen LogP contribution >= 0.6 is 0 Å². The Morgan fingerprint density at radius 3 is 2.45 bits per heavy atom. The van der Waals surface area contributed by atoms with E-state index in [1.165, 1.54) is 0 Å². The molecule has 0 aromatic carbocycles. The molecule has 2 aromatic rings. The summed E-state index contributed by atoms with van der Waals surface area (Å²) in [7, 11) is -2.89. The summed E-state index contributed by atoms with van der Waals surface area (Å²) in [6.45, 7) is 7.30. The van der Waals surface area contributed by atoms with Crippen molar-refractivity contribution in [3.05, 3.63) is 11.8 Å². The zero-order chi connectivity index (χ0) is 14.5. The molecule has 7 nitrogen and oxygen atoms in total. The molecular weight excluding hydrogens is 278 g/mol. The third-order valence-corrected chi connectivity index (χ3v) is 5.22. The van der Waals surface area contributed by atoms with Crippen LogP contribution < -0.4 is 4.90 Å². The lowest BCUT2D eigenvalue weighted by Gasteiger charge is -2.26. The smallest absolute Gasteiger partial charge is 0.246 e. The number of nitrogens with zero attached hydrogens (tertiary/aromatic N) is 4. The molecule has 1 aliphatic rings. The van der Waals surface area contributed by atoms with E-state index in [2.05, 4.69) is 36.1 Å². The Labute approximate surface area is 117 Å². The summed E-state index contributed by atoms with van der Waals surface area (Å²) in [6, 6.07) is 1.98. The van der Waals surface area contributed by atoms with E-state index in [-0.39, 0.29) is 16.9 Å². The van der Waals surface area contributed by atoms with Crippen LogP contribution in [0.1, 0.15) is 26.5 Å². The van der Waals surface area contributed by atoms with Crippen molar-refractivity contribution in [2.45, 2.75) is 26.2 Å². The molecule has 0 spiro atoms. The van der Waals surface area contributed by atoms with E-state index >= 15 is 0 Å². The second-order valence-electron chi connectivity index (χ2n) is 6.25. The van der Waals surface area contributed by atoms with Gasteiger partial charge >= 0.3 is 0 Å². The summed E-state index contributed by atoms with van der Waals surface area (Å²) >= 11 is 0. The van der Waals surface area contributed by atoms with Crippen LogP contribution in [-0.2, 0) is 15.3 Å². The zero-order valence-electron chi connectivity index (χ0n) is 11.9. The fourth-order valence-corrected chi connectivity index (χ4v) is 3.47. The lowest BCUT2D eigenvalue weighted by Crippen LogP contribution is -2.41. The summed E-state index contributed by atoms with van der Waals surface area (Å²) in [6.07, 6.45) is 0. The number of sulfone groups is 1. The van der Waals surface area contributed by atoms with E-state index in [9.17, 15) is 8.42 Å². The van der Waals surface area contributed by atoms with Crippen LogP contribution in [0, 0.1) is 0 Å². The third-order valence-electron chi connectivity index (χ3n) is 3.61. The minimum Gasteiger partial charge on any atom is -0.337 e. The molecular formula is C12H19N5O2S. The molecule has 3 rings (SSSR count). The van der Waals surface area contributed by atoms with E-state index in [0.29, 0.717) is 19.0 Å². The molecule has 1 aliphatic heterocycles. The molecule has 8 heteroatoms. The monoisotopic (exact) mass is 297 g/mol. The fraction of sp³-hybridized carbons (Fsp3) is 0.667. The van der Waals surface area contributed by atoms with Crippen molar-refractivity contribution in [2.24, 2.45) is 0 Å². The topological polar surface area (TPSA) is 83.4 Å². The molecule has 1 saturated heterocycles. The van der Waals surface area contributed by atoms with Gasteiger partial charge in [0, 0.05) is 30.3 Å². The Morgan fingerprint density at radius 1 is 1.20 bits per heavy atom. The van der Waals surface area contributed by atoms with Crippen molar-refractivity contribution in [3.63, 3.8) is 0 Å². The third kappa shape index (κ3) is 2.28. The van der Waals surface area contributed by atoms with Crippen LogP contribution in [0.4, 0.5) is 5.95 Å². The maximum absolute atomic E-state index is 11.5. The van der Waals surface area contributed by atoms with Gasteiger partial charge < -0.3 is 4.90 Å². The molecule has 3 heterocycles. The van der Waals surface area contributed by atoms with Crippen molar-refractivity contribution >= 4 is 21.4 Å². The highest BCUT2D eigenvalue weighted by Crippen LogP contribution is 2.24. The fourth-order valence-electron chi connectivity index (χ4n) is 2.27. The molecule has 0 atom stereocenters. The largest absolute Gasteiger partial charge is 0.337 e. The summed E-state index contributed by atoms with van der Waals surface area (Å²) in [5.41, 5.74) is 1.84. The predicted octanol–water partition coefficient (Wildman–Crippen LogP) is 0.590. The van der Waals surface area contributed by atoms with Crippen molar-refractivity contribution in [1.82, 2.24) is 19.8 Å². The SMILES string of the molecule is CC(C)(C)c1cc2nnc(N3CCS(=O)(=O)CC3)n2[nH]1. The van der Waals surface area contributed by atoms with Gasteiger partial charge in [-0.15, -0.1) is 10.2 Å². The number of H-pyrrole nitrogens is 1. The second-order valence-corrected chi connectivity index (χ2v) is 8.56. The van der Waals surface area contributed by atoms with Crippen LogP contribution in [0.2, 0.25) is 0 Å². The Balaban J connectivity index is 1.95. The molecule has 0 aliphatic carbocycles. The highest BCUT2D eigenvalue weighted by atomic mass is 32.2. The van der Waals surface area contributed by atoms with E-state index < -0.39 is 9.84 Å². The lowest BCUT2D eigenvalue weighted by atomic mass is 9.93. The van der Waals surface area contributed by atoms with Crippen molar-refractivity contribution in [1.29, 1.82) is 0 Å². The highest BCUT2D eigenvalue weighted by Gasteiger charge is 2.26. The van der Waals surface area contributed by atoms with Crippen LogP contribution in [0.5, 0.6) is 0 Å². The van der Waals surface area contributed by atoms with Gasteiger partial charge in [0.15, 0.2) is 15.5 Å². The van der Waals surface area contributed by atoms with Crippen molar-refractivity contribution < 1.29 is 8.42 Å². The molecule has 0 saturated carbocycles. The van der Waals surface area contributed by atoms with Gasteiger partial charge in [0.25, 0.3) is 0 Å². The van der Waals surface area contributed by atoms with E-state index in [0.717, 1.165) is 11.3 Å². The molecule has 1 N–H and O–H groups in total. The van der Waals surface area contributed by atoms with Crippen LogP contribution in [0.25, 0.3) is 5.65 Å². The molecule has 2 aromatic heterocycles. The first-order valence-corrected chi connectivity index (χ1v) is 8.48. The van der Waals surface area contributed by atoms with E-state index in [1.807, 2.05) is 15.5 Å². The van der Waals surface area contributed by atoms with Gasteiger partial charge in [0.05, 0.1) is 11.5 Å². The van der Waals surface area contributed by atoms with Crippen LogP contribution in [0.3, 0.4) is 0 Å². The number of rotatable bonds is 1. The summed E-state index contributed by atoms with van der Waals surface area (Å²) in [5, 5.41) is 11.6. The van der Waals surface area contributed by atoms with E-state index in [1.54, 1.807) is 0 Å². The number of nitrogens with one attached hydrogen (secondary N) is 1. The van der Waals surface area contributed by atoms with E-state index in [4.69, 9.17) is 0 Å². The summed E-state index contributed by atoms with van der Waals surface area (Å²) in [5.74, 6) is 1.04. The molecule has 20 heavy (non-hydrogen) atoms. The Hall–Kier alpha value is -1.57. The predicted molar refractivity (Wildman–Crippen MR) is 76.9 cm³/mol. The maximum Gasteiger partial charge on any atom is 0.246 e. The van der Waals surface area contributed by atoms with Gasteiger partial charge in [-0.05, 0) is 0 Å². The van der Waals surface area contributed by atoms with Gasteiger partial charge in [0.2, 0.25) is 5.95 Å². The number of hydrogen-bond donors (Lipinski definition) is 1. The average molecular weight is 297 g/mol. The normalized spacial score (nSPS) is 19.6. The number of anilines is 1. The lowest BCUT2D eigenvalue weighted by molar-refractivity contribution is 0.561. The number of aromatic amines is 1. The van der Waals surface area contributed by atoms with Gasteiger partial charge in [-0.1, -0.05) is 20.8 Å². The van der Waals surface area contributed by atoms with Crippen molar-refractivity contribution in [3.8, 4) is 0 Å².